The summed E-state index contributed by atoms with van der Waals surface area (Å²) in [4.78, 5) is 9.01. The molecule has 0 atom stereocenters. The fourth-order valence-corrected chi connectivity index (χ4v) is 2.28. The van der Waals surface area contributed by atoms with Gasteiger partial charge in [0.15, 0.2) is 0 Å². The summed E-state index contributed by atoms with van der Waals surface area (Å²) in [6.07, 6.45) is 1.94. The predicted octanol–water partition coefficient (Wildman–Crippen LogP) is 0.555. The highest BCUT2D eigenvalue weighted by Gasteiger charge is 2.14. The van der Waals surface area contributed by atoms with Crippen LogP contribution in [-0.2, 0) is 9.47 Å². The van der Waals surface area contributed by atoms with Gasteiger partial charge in [0.2, 0.25) is 0 Å². The van der Waals surface area contributed by atoms with Gasteiger partial charge < -0.3 is 19.3 Å². The van der Waals surface area contributed by atoms with Gasteiger partial charge >= 0.3 is 0 Å². The molecule has 5 nitrogen and oxygen atoms in total. The minimum atomic E-state index is 0.779. The van der Waals surface area contributed by atoms with Gasteiger partial charge in [0.1, 0.15) is 5.82 Å². The molecule has 0 N–H and O–H groups in total. The van der Waals surface area contributed by atoms with Gasteiger partial charge in [-0.15, -0.1) is 0 Å². The molecule has 0 aromatic carbocycles. The molecule has 18 heavy (non-hydrogen) atoms. The molecule has 0 amide bonds. The lowest BCUT2D eigenvalue weighted by Gasteiger charge is -2.30. The van der Waals surface area contributed by atoms with Gasteiger partial charge in [0, 0.05) is 32.2 Å². The van der Waals surface area contributed by atoms with Gasteiger partial charge in [-0.25, -0.2) is 4.98 Å². The highest BCUT2D eigenvalue weighted by Crippen LogP contribution is 2.18. The number of hydrogen-bond donors (Lipinski definition) is 0. The normalized spacial score (nSPS) is 21.1. The summed E-state index contributed by atoms with van der Waals surface area (Å²) in [5.74, 6) is 0.926. The average Bonchev–Trinajstić information content (AvgIpc) is 2.49. The van der Waals surface area contributed by atoms with E-state index in [0.29, 0.717) is 0 Å². The number of hydrogen-bond acceptors (Lipinski definition) is 5. The summed E-state index contributed by atoms with van der Waals surface area (Å²) < 4.78 is 10.7. The Kier molecular flexibility index (Phi) is 3.61. The summed E-state index contributed by atoms with van der Waals surface area (Å²) in [5, 5.41) is 0. The van der Waals surface area contributed by atoms with Gasteiger partial charge in [0.05, 0.1) is 38.3 Å². The smallest absolute Gasteiger partial charge is 0.136 e. The number of rotatable bonds is 2. The highest BCUT2D eigenvalue weighted by molar-refractivity contribution is 5.50. The Morgan fingerprint density at radius 3 is 2.11 bits per heavy atom. The van der Waals surface area contributed by atoms with Crippen LogP contribution in [-0.4, -0.2) is 57.6 Å². The van der Waals surface area contributed by atoms with Crippen molar-refractivity contribution in [2.45, 2.75) is 0 Å². The van der Waals surface area contributed by atoms with E-state index in [9.17, 15) is 0 Å². The summed E-state index contributed by atoms with van der Waals surface area (Å²) in [7, 11) is 0. The minimum absolute atomic E-state index is 0.779. The second-order valence-corrected chi connectivity index (χ2v) is 4.49. The molecule has 97 valence electrons. The molecular formula is C13H18N3O2. The number of anilines is 2. The fraction of sp³-hybridized carbons (Fsp3) is 0.615. The summed E-state index contributed by atoms with van der Waals surface area (Å²) in [6, 6.07) is 5.31. The number of morpholine rings is 2. The quantitative estimate of drug-likeness (QED) is 0.764. The Hall–Kier alpha value is -1.33. The van der Waals surface area contributed by atoms with Crippen molar-refractivity contribution in [3.63, 3.8) is 0 Å². The molecule has 2 aliphatic rings. The van der Waals surface area contributed by atoms with E-state index in [0.717, 1.165) is 64.1 Å². The molecule has 1 aromatic heterocycles. The van der Waals surface area contributed by atoms with Crippen molar-refractivity contribution >= 4 is 11.5 Å². The van der Waals surface area contributed by atoms with Crippen LogP contribution in [0.1, 0.15) is 0 Å². The van der Waals surface area contributed by atoms with Gasteiger partial charge in [-0.05, 0) is 6.07 Å². The predicted molar refractivity (Wildman–Crippen MR) is 69.1 cm³/mol. The van der Waals surface area contributed by atoms with Crippen molar-refractivity contribution in [3.8, 4) is 0 Å². The van der Waals surface area contributed by atoms with E-state index in [1.54, 1.807) is 0 Å². The molecule has 0 spiro atoms. The molecule has 2 saturated heterocycles. The zero-order valence-corrected chi connectivity index (χ0v) is 10.5. The van der Waals surface area contributed by atoms with Crippen LogP contribution < -0.4 is 9.80 Å². The van der Waals surface area contributed by atoms with Crippen LogP contribution in [0, 0.1) is 6.07 Å². The summed E-state index contributed by atoms with van der Waals surface area (Å²) in [5.41, 5.74) is 1.13. The SMILES string of the molecule is [c]1cc(N2CCOCC2)cnc1N1CCOCC1. The maximum absolute atomic E-state index is 5.35. The third kappa shape index (κ3) is 2.57. The molecule has 0 bridgehead atoms. The maximum atomic E-state index is 5.35. The van der Waals surface area contributed by atoms with E-state index in [4.69, 9.17) is 9.47 Å². The number of nitrogens with zero attached hydrogens (tertiary/aromatic N) is 3. The molecule has 2 fully saturated rings. The Balaban J connectivity index is 1.67. The van der Waals surface area contributed by atoms with Crippen LogP contribution in [0.25, 0.3) is 0 Å². The average molecular weight is 248 g/mol. The van der Waals surface area contributed by atoms with E-state index >= 15 is 0 Å². The van der Waals surface area contributed by atoms with Crippen LogP contribution in [0.5, 0.6) is 0 Å². The Morgan fingerprint density at radius 2 is 1.56 bits per heavy atom. The molecule has 2 aliphatic heterocycles. The van der Waals surface area contributed by atoms with E-state index in [1.807, 2.05) is 12.3 Å². The maximum Gasteiger partial charge on any atom is 0.136 e. The molecule has 5 heteroatoms. The lowest BCUT2D eigenvalue weighted by atomic mass is 10.3. The standard InChI is InChI=1S/C13H18N3O2/c1-2-13(16-5-9-18-10-6-16)14-11-12(1)15-3-7-17-8-4-15/h1,11H,3-10H2. The summed E-state index contributed by atoms with van der Waals surface area (Å²) in [6.45, 7) is 6.83. The van der Waals surface area contributed by atoms with Gasteiger partial charge in [-0.1, -0.05) is 0 Å². The molecule has 0 aliphatic carbocycles. The zero-order chi connectivity index (χ0) is 12.2. The Labute approximate surface area is 107 Å². The zero-order valence-electron chi connectivity index (χ0n) is 10.5. The van der Waals surface area contributed by atoms with Gasteiger partial charge in [0.25, 0.3) is 0 Å². The molecule has 3 rings (SSSR count). The van der Waals surface area contributed by atoms with Crippen molar-refractivity contribution in [3.05, 3.63) is 18.3 Å². The Bertz CT molecular complexity index is 333. The fourth-order valence-electron chi connectivity index (χ4n) is 2.28. The van der Waals surface area contributed by atoms with Gasteiger partial charge in [-0.3, -0.25) is 0 Å². The van der Waals surface area contributed by atoms with Crippen LogP contribution in [0.3, 0.4) is 0 Å². The topological polar surface area (TPSA) is 37.8 Å². The first kappa shape index (κ1) is 11.7. The highest BCUT2D eigenvalue weighted by atomic mass is 16.5. The number of aromatic nitrogens is 1. The number of pyridine rings is 1. The van der Waals surface area contributed by atoms with Crippen molar-refractivity contribution < 1.29 is 9.47 Å². The summed E-state index contributed by atoms with van der Waals surface area (Å²) >= 11 is 0. The molecule has 0 saturated carbocycles. The van der Waals surface area contributed by atoms with Crippen molar-refractivity contribution in [2.75, 3.05) is 62.4 Å². The van der Waals surface area contributed by atoms with Crippen molar-refractivity contribution in [2.24, 2.45) is 0 Å². The number of ether oxygens (including phenoxy) is 2. The first-order chi connectivity index (χ1) is 8.93. The second kappa shape index (κ2) is 5.54. The van der Waals surface area contributed by atoms with E-state index in [2.05, 4.69) is 20.9 Å². The van der Waals surface area contributed by atoms with E-state index < -0.39 is 0 Å². The van der Waals surface area contributed by atoms with Crippen LogP contribution >= 0.6 is 0 Å². The molecule has 1 aromatic rings. The van der Waals surface area contributed by atoms with Crippen LogP contribution in [0.2, 0.25) is 0 Å². The Morgan fingerprint density at radius 1 is 0.944 bits per heavy atom. The third-order valence-corrected chi connectivity index (χ3v) is 3.36. The van der Waals surface area contributed by atoms with Crippen molar-refractivity contribution in [1.29, 1.82) is 0 Å². The van der Waals surface area contributed by atoms with Crippen molar-refractivity contribution in [1.82, 2.24) is 4.98 Å². The van der Waals surface area contributed by atoms with Crippen LogP contribution in [0.4, 0.5) is 11.5 Å². The second-order valence-electron chi connectivity index (χ2n) is 4.49. The monoisotopic (exact) mass is 248 g/mol. The molecule has 0 unspecified atom stereocenters. The van der Waals surface area contributed by atoms with Crippen LogP contribution in [0.15, 0.2) is 12.3 Å². The first-order valence-electron chi connectivity index (χ1n) is 6.46. The molecule has 1 radical (unpaired) electrons. The lowest BCUT2D eigenvalue weighted by Crippen LogP contribution is -2.37. The minimum Gasteiger partial charge on any atom is -0.378 e. The lowest BCUT2D eigenvalue weighted by molar-refractivity contribution is 0.122. The van der Waals surface area contributed by atoms with Gasteiger partial charge in [-0.2, -0.15) is 0 Å². The first-order valence-corrected chi connectivity index (χ1v) is 6.46. The third-order valence-electron chi connectivity index (χ3n) is 3.36. The van der Waals surface area contributed by atoms with E-state index in [-0.39, 0.29) is 0 Å². The largest absolute Gasteiger partial charge is 0.378 e. The molecular weight excluding hydrogens is 230 g/mol. The van der Waals surface area contributed by atoms with E-state index in [1.165, 1.54) is 0 Å². The molecule has 3 heterocycles.